The molecule has 3 heterocycles. The maximum atomic E-state index is 12.7. The molecule has 0 saturated carbocycles. The molecule has 1 N–H and O–H groups in total. The lowest BCUT2D eigenvalue weighted by Gasteiger charge is -2.08. The number of hydrogen-bond acceptors (Lipinski definition) is 9. The Balaban J connectivity index is 1.17. The number of esters is 1. The molecule has 2 aromatic carbocycles. The Morgan fingerprint density at radius 2 is 1.86 bits per heavy atom. The standard InChI is InChI=1S/C25H19N3O6S/c29-22(28-17-8-9-19-20(11-17)33-15-32-19)14-35-24-18(7-4-10-26-24)25(30)31-13-23-27-12-21(34-23)16-5-2-1-3-6-16/h1-12H,13-15H2,(H,28,29). The third kappa shape index (κ3) is 5.44. The Kier molecular flexibility index (Phi) is 6.62. The first kappa shape index (κ1) is 22.5. The maximum absolute atomic E-state index is 12.7. The lowest BCUT2D eigenvalue weighted by atomic mass is 10.2. The van der Waals surface area contributed by atoms with Crippen LogP contribution in [0.2, 0.25) is 0 Å². The summed E-state index contributed by atoms with van der Waals surface area (Å²) in [5.74, 6) is 1.28. The number of hydrogen-bond donors (Lipinski definition) is 1. The Morgan fingerprint density at radius 1 is 1.00 bits per heavy atom. The van der Waals surface area contributed by atoms with Gasteiger partial charge in [-0.05, 0) is 24.3 Å². The van der Waals surface area contributed by atoms with E-state index >= 15 is 0 Å². The number of fused-ring (bicyclic) bond motifs is 1. The first-order chi connectivity index (χ1) is 17.2. The summed E-state index contributed by atoms with van der Waals surface area (Å²) in [5, 5.41) is 3.18. The molecule has 0 radical (unpaired) electrons. The minimum atomic E-state index is -0.587. The first-order valence-electron chi connectivity index (χ1n) is 10.6. The smallest absolute Gasteiger partial charge is 0.341 e. The molecule has 0 fully saturated rings. The average Bonchev–Trinajstić information content (AvgIpc) is 3.56. The van der Waals surface area contributed by atoms with E-state index in [1.165, 1.54) is 0 Å². The van der Waals surface area contributed by atoms with E-state index in [4.69, 9.17) is 18.6 Å². The van der Waals surface area contributed by atoms with Crippen molar-refractivity contribution >= 4 is 29.3 Å². The highest BCUT2D eigenvalue weighted by Gasteiger charge is 2.18. The van der Waals surface area contributed by atoms with Gasteiger partial charge in [0.2, 0.25) is 18.6 Å². The molecule has 0 saturated heterocycles. The van der Waals surface area contributed by atoms with Crippen LogP contribution in [0.4, 0.5) is 5.69 Å². The van der Waals surface area contributed by atoms with Gasteiger partial charge in [-0.1, -0.05) is 42.1 Å². The van der Waals surface area contributed by atoms with Gasteiger partial charge in [0, 0.05) is 23.5 Å². The summed E-state index contributed by atoms with van der Waals surface area (Å²) in [6, 6.07) is 17.9. The monoisotopic (exact) mass is 489 g/mol. The van der Waals surface area contributed by atoms with Crippen molar-refractivity contribution in [3.05, 3.63) is 84.5 Å². The number of rotatable bonds is 8. The number of aromatic nitrogens is 2. The lowest BCUT2D eigenvalue weighted by Crippen LogP contribution is -2.15. The molecule has 5 rings (SSSR count). The number of amides is 1. The van der Waals surface area contributed by atoms with Crippen LogP contribution < -0.4 is 14.8 Å². The second-order valence-electron chi connectivity index (χ2n) is 7.32. The molecule has 9 nitrogen and oxygen atoms in total. The van der Waals surface area contributed by atoms with Gasteiger partial charge < -0.3 is 23.9 Å². The van der Waals surface area contributed by atoms with E-state index in [0.717, 1.165) is 17.3 Å². The van der Waals surface area contributed by atoms with Crippen LogP contribution in [0.15, 0.2) is 82.5 Å². The number of nitrogens with zero attached hydrogens (tertiary/aromatic N) is 2. The van der Waals surface area contributed by atoms with Crippen molar-refractivity contribution in [3.8, 4) is 22.8 Å². The van der Waals surface area contributed by atoms with Crippen LogP contribution in [0, 0.1) is 0 Å². The lowest BCUT2D eigenvalue weighted by molar-refractivity contribution is -0.113. The van der Waals surface area contributed by atoms with Crippen LogP contribution in [0.3, 0.4) is 0 Å². The molecular formula is C25H19N3O6S. The summed E-state index contributed by atoms with van der Waals surface area (Å²) >= 11 is 1.13. The van der Waals surface area contributed by atoms with Gasteiger partial charge in [0.15, 0.2) is 23.9 Å². The SMILES string of the molecule is O=C(CSc1ncccc1C(=O)OCc1ncc(-c2ccccc2)o1)Nc1ccc2c(c1)OCO2. The van der Waals surface area contributed by atoms with Crippen LogP contribution >= 0.6 is 11.8 Å². The molecule has 0 bridgehead atoms. The highest BCUT2D eigenvalue weighted by atomic mass is 32.2. The van der Waals surface area contributed by atoms with E-state index in [-0.39, 0.29) is 36.5 Å². The number of oxazole rings is 1. The summed E-state index contributed by atoms with van der Waals surface area (Å²) in [4.78, 5) is 33.5. The predicted molar refractivity (Wildman–Crippen MR) is 127 cm³/mol. The van der Waals surface area contributed by atoms with Gasteiger partial charge in [0.1, 0.15) is 5.03 Å². The zero-order valence-corrected chi connectivity index (χ0v) is 19.1. The topological polar surface area (TPSA) is 113 Å². The molecule has 176 valence electrons. The van der Waals surface area contributed by atoms with Gasteiger partial charge in [0.05, 0.1) is 17.5 Å². The Labute approximate surface area is 204 Å². The van der Waals surface area contributed by atoms with Crippen molar-refractivity contribution < 1.29 is 28.2 Å². The number of anilines is 1. The quantitative estimate of drug-likeness (QED) is 0.281. The fraction of sp³-hybridized carbons (Fsp3) is 0.120. The van der Waals surface area contributed by atoms with Crippen LogP contribution in [0.1, 0.15) is 16.2 Å². The minimum absolute atomic E-state index is 0.0475. The van der Waals surface area contributed by atoms with Crippen molar-refractivity contribution in [2.45, 2.75) is 11.6 Å². The number of benzene rings is 2. The van der Waals surface area contributed by atoms with Crippen LogP contribution in [-0.2, 0) is 16.1 Å². The molecule has 1 aliphatic heterocycles. The third-order valence-corrected chi connectivity index (χ3v) is 5.93. The molecule has 10 heteroatoms. The molecule has 35 heavy (non-hydrogen) atoms. The molecule has 0 unspecified atom stereocenters. The largest absolute Gasteiger partial charge is 0.454 e. The third-order valence-electron chi connectivity index (χ3n) is 4.93. The summed E-state index contributed by atoms with van der Waals surface area (Å²) in [6.07, 6.45) is 3.14. The van der Waals surface area contributed by atoms with E-state index in [1.807, 2.05) is 30.3 Å². The van der Waals surface area contributed by atoms with E-state index in [1.54, 1.807) is 42.7 Å². The first-order valence-corrected chi connectivity index (χ1v) is 11.6. The second kappa shape index (κ2) is 10.3. The maximum Gasteiger partial charge on any atom is 0.341 e. The van der Waals surface area contributed by atoms with E-state index in [9.17, 15) is 9.59 Å². The van der Waals surface area contributed by atoms with Gasteiger partial charge in [-0.25, -0.2) is 14.8 Å². The van der Waals surface area contributed by atoms with Gasteiger partial charge >= 0.3 is 5.97 Å². The van der Waals surface area contributed by atoms with Gasteiger partial charge in [-0.2, -0.15) is 0 Å². The molecule has 0 spiro atoms. The van der Waals surface area contributed by atoms with Crippen LogP contribution in [0.25, 0.3) is 11.3 Å². The number of nitrogens with one attached hydrogen (secondary N) is 1. The molecule has 0 aliphatic carbocycles. The molecule has 0 atom stereocenters. The van der Waals surface area contributed by atoms with Crippen LogP contribution in [-0.4, -0.2) is 34.4 Å². The fourth-order valence-electron chi connectivity index (χ4n) is 3.28. The van der Waals surface area contributed by atoms with Crippen molar-refractivity contribution in [3.63, 3.8) is 0 Å². The molecule has 1 aliphatic rings. The van der Waals surface area contributed by atoms with Gasteiger partial charge in [-0.3, -0.25) is 4.79 Å². The molecule has 4 aromatic rings. The normalized spacial score (nSPS) is 11.8. The highest BCUT2D eigenvalue weighted by Crippen LogP contribution is 2.34. The Bertz CT molecular complexity index is 1360. The summed E-state index contributed by atoms with van der Waals surface area (Å²) in [5.41, 5.74) is 1.71. The van der Waals surface area contributed by atoms with Crippen molar-refractivity contribution in [2.24, 2.45) is 0 Å². The van der Waals surface area contributed by atoms with Crippen LogP contribution in [0.5, 0.6) is 11.5 Å². The summed E-state index contributed by atoms with van der Waals surface area (Å²) in [6.45, 7) is 0.0284. The van der Waals surface area contributed by atoms with Crippen molar-refractivity contribution in [1.29, 1.82) is 0 Å². The Hall–Kier alpha value is -4.31. The minimum Gasteiger partial charge on any atom is -0.454 e. The van der Waals surface area contributed by atoms with E-state index in [0.29, 0.717) is 28.0 Å². The van der Waals surface area contributed by atoms with Gasteiger partial charge in [0.25, 0.3) is 0 Å². The van der Waals surface area contributed by atoms with Crippen molar-refractivity contribution in [2.75, 3.05) is 17.9 Å². The number of thioether (sulfide) groups is 1. The zero-order valence-electron chi connectivity index (χ0n) is 18.3. The zero-order chi connectivity index (χ0) is 24.0. The summed E-state index contributed by atoms with van der Waals surface area (Å²) in [7, 11) is 0. The predicted octanol–water partition coefficient (Wildman–Crippen LogP) is 4.55. The highest BCUT2D eigenvalue weighted by molar-refractivity contribution is 8.00. The van der Waals surface area contributed by atoms with Crippen molar-refractivity contribution in [1.82, 2.24) is 9.97 Å². The van der Waals surface area contributed by atoms with Gasteiger partial charge in [-0.15, -0.1) is 0 Å². The Morgan fingerprint density at radius 3 is 2.74 bits per heavy atom. The number of carbonyl (C=O) groups excluding carboxylic acids is 2. The fourth-order valence-corrected chi connectivity index (χ4v) is 4.07. The number of carbonyl (C=O) groups is 2. The number of pyridine rings is 1. The molecular weight excluding hydrogens is 470 g/mol. The summed E-state index contributed by atoms with van der Waals surface area (Å²) < 4.78 is 21.6. The number of ether oxygens (including phenoxy) is 3. The van der Waals surface area contributed by atoms with E-state index in [2.05, 4.69) is 15.3 Å². The molecule has 1 amide bonds. The van der Waals surface area contributed by atoms with E-state index < -0.39 is 5.97 Å². The molecule has 2 aromatic heterocycles. The average molecular weight is 490 g/mol. The second-order valence-corrected chi connectivity index (χ2v) is 8.29.